The fraction of sp³-hybridized carbons (Fsp3) is 0. The van der Waals surface area contributed by atoms with Gasteiger partial charge in [-0.05, 0) is 29.2 Å². The molecule has 2 rings (SSSR count). The molecule has 0 spiro atoms. The van der Waals surface area contributed by atoms with Crippen LogP contribution in [0.3, 0.4) is 0 Å². The predicted octanol–water partition coefficient (Wildman–Crippen LogP) is 2.33. The van der Waals surface area contributed by atoms with Gasteiger partial charge in [-0.2, -0.15) is 0 Å². The van der Waals surface area contributed by atoms with E-state index in [9.17, 15) is 0 Å². The largest absolute Gasteiger partial charge is 0.138 e. The Bertz CT molecular complexity index is 392. The van der Waals surface area contributed by atoms with Crippen molar-refractivity contribution in [2.75, 3.05) is 0 Å². The minimum absolute atomic E-state index is 0.959. The average molecular weight is 162 g/mol. The zero-order chi connectivity index (χ0) is 7.68. The van der Waals surface area contributed by atoms with Crippen LogP contribution in [0.1, 0.15) is 5.56 Å². The summed E-state index contributed by atoms with van der Waals surface area (Å²) in [7, 11) is 0. The highest BCUT2D eigenvalue weighted by Gasteiger charge is 1.96. The second-order valence-electron chi connectivity index (χ2n) is 2.20. The molecule has 2 nitrogen and oxygen atoms in total. The number of aromatic nitrogens is 2. The van der Waals surface area contributed by atoms with Crippen molar-refractivity contribution in [3.05, 3.63) is 30.3 Å². The average Bonchev–Trinajstić information content (AvgIpc) is 2.50. The summed E-state index contributed by atoms with van der Waals surface area (Å²) < 4.78 is 4.95. The highest BCUT2D eigenvalue weighted by Crippen LogP contribution is 2.17. The molecule has 0 amide bonds. The van der Waals surface area contributed by atoms with Gasteiger partial charge >= 0.3 is 0 Å². The van der Waals surface area contributed by atoms with E-state index in [0.717, 1.165) is 15.8 Å². The number of fused-ring (bicyclic) bond motifs is 1. The molecular weight excluding hydrogens is 156 g/mol. The molecule has 0 saturated heterocycles. The molecule has 0 aliphatic carbocycles. The Balaban J connectivity index is 2.76. The maximum atomic E-state index is 3.93. The molecule has 0 bridgehead atoms. The summed E-state index contributed by atoms with van der Waals surface area (Å²) in [6.45, 7) is 3.69. The van der Waals surface area contributed by atoms with Crippen LogP contribution in [-0.2, 0) is 0 Å². The first kappa shape index (κ1) is 6.49. The molecule has 0 saturated carbocycles. The molecule has 3 heteroatoms. The van der Waals surface area contributed by atoms with Crippen molar-refractivity contribution in [3.63, 3.8) is 0 Å². The van der Waals surface area contributed by atoms with E-state index < -0.39 is 0 Å². The van der Waals surface area contributed by atoms with Crippen molar-refractivity contribution in [1.82, 2.24) is 9.59 Å². The van der Waals surface area contributed by atoms with Crippen LogP contribution in [0.15, 0.2) is 24.8 Å². The Morgan fingerprint density at radius 1 is 1.45 bits per heavy atom. The molecular formula is C8H6N2S. The van der Waals surface area contributed by atoms with Crippen LogP contribution in [0.2, 0.25) is 0 Å². The van der Waals surface area contributed by atoms with Crippen molar-refractivity contribution in [3.8, 4) is 0 Å². The van der Waals surface area contributed by atoms with E-state index in [-0.39, 0.29) is 0 Å². The Hall–Kier alpha value is -1.22. The van der Waals surface area contributed by atoms with Gasteiger partial charge in [0, 0.05) is 0 Å². The first-order valence-electron chi connectivity index (χ1n) is 3.25. The number of rotatable bonds is 1. The number of benzene rings is 1. The molecule has 1 aromatic heterocycles. The van der Waals surface area contributed by atoms with Crippen LogP contribution in [0.25, 0.3) is 16.3 Å². The number of hydrogen-bond acceptors (Lipinski definition) is 3. The lowest BCUT2D eigenvalue weighted by Gasteiger charge is -1.89. The van der Waals surface area contributed by atoms with Gasteiger partial charge in [-0.1, -0.05) is 23.2 Å². The number of hydrogen-bond donors (Lipinski definition) is 0. The topological polar surface area (TPSA) is 25.8 Å². The van der Waals surface area contributed by atoms with Crippen molar-refractivity contribution in [2.45, 2.75) is 0 Å². The second-order valence-corrected chi connectivity index (χ2v) is 2.99. The maximum absolute atomic E-state index is 3.93. The molecule has 0 fully saturated rings. The second kappa shape index (κ2) is 2.43. The zero-order valence-electron chi connectivity index (χ0n) is 5.82. The molecule has 2 aromatic rings. The van der Waals surface area contributed by atoms with Crippen LogP contribution in [0, 0.1) is 0 Å². The molecule has 0 aliphatic heterocycles. The quantitative estimate of drug-likeness (QED) is 0.643. The lowest BCUT2D eigenvalue weighted by atomic mass is 10.2. The fourth-order valence-electron chi connectivity index (χ4n) is 0.922. The molecule has 0 N–H and O–H groups in total. The molecule has 1 aromatic carbocycles. The third kappa shape index (κ3) is 1.03. The van der Waals surface area contributed by atoms with Crippen molar-refractivity contribution in [1.29, 1.82) is 0 Å². The normalized spacial score (nSPS) is 10.2. The predicted molar refractivity (Wildman–Crippen MR) is 47.5 cm³/mol. The van der Waals surface area contributed by atoms with E-state index in [1.165, 1.54) is 11.5 Å². The Labute approximate surface area is 68.3 Å². The van der Waals surface area contributed by atoms with Gasteiger partial charge in [0.05, 0.1) is 4.70 Å². The van der Waals surface area contributed by atoms with E-state index in [2.05, 4.69) is 16.2 Å². The van der Waals surface area contributed by atoms with Gasteiger partial charge in [0.15, 0.2) is 0 Å². The van der Waals surface area contributed by atoms with E-state index >= 15 is 0 Å². The van der Waals surface area contributed by atoms with Crippen molar-refractivity contribution in [2.24, 2.45) is 0 Å². The first-order valence-corrected chi connectivity index (χ1v) is 4.02. The van der Waals surface area contributed by atoms with Gasteiger partial charge in [0.1, 0.15) is 5.52 Å². The summed E-state index contributed by atoms with van der Waals surface area (Å²) in [5.41, 5.74) is 2.07. The summed E-state index contributed by atoms with van der Waals surface area (Å²) in [5.74, 6) is 0. The third-order valence-electron chi connectivity index (χ3n) is 1.51. The summed E-state index contributed by atoms with van der Waals surface area (Å²) in [6.07, 6.45) is 1.82. The Kier molecular flexibility index (Phi) is 1.43. The summed E-state index contributed by atoms with van der Waals surface area (Å²) in [5, 5.41) is 3.93. The monoisotopic (exact) mass is 162 g/mol. The van der Waals surface area contributed by atoms with Gasteiger partial charge in [-0.25, -0.2) is 0 Å². The van der Waals surface area contributed by atoms with Gasteiger partial charge in [0.2, 0.25) is 0 Å². The minimum Gasteiger partial charge on any atom is -0.138 e. The maximum Gasteiger partial charge on any atom is 0.106 e. The fourth-order valence-corrected chi connectivity index (χ4v) is 1.53. The summed E-state index contributed by atoms with van der Waals surface area (Å²) in [6, 6.07) is 5.97. The Morgan fingerprint density at radius 3 is 3.18 bits per heavy atom. The smallest absolute Gasteiger partial charge is 0.106 e. The molecule has 0 radical (unpaired) electrons. The standard InChI is InChI=1S/C8H6N2S/c1-2-6-3-4-7-8(5-6)11-10-9-7/h2-5H,1H2. The lowest BCUT2D eigenvalue weighted by Crippen LogP contribution is -1.70. The van der Waals surface area contributed by atoms with E-state index in [4.69, 9.17) is 0 Å². The lowest BCUT2D eigenvalue weighted by molar-refractivity contribution is 1.20. The third-order valence-corrected chi connectivity index (χ3v) is 2.19. The van der Waals surface area contributed by atoms with E-state index in [1.807, 2.05) is 24.3 Å². The van der Waals surface area contributed by atoms with Crippen LogP contribution in [0.4, 0.5) is 0 Å². The summed E-state index contributed by atoms with van der Waals surface area (Å²) >= 11 is 1.41. The van der Waals surface area contributed by atoms with E-state index in [1.54, 1.807) is 0 Å². The van der Waals surface area contributed by atoms with E-state index in [0.29, 0.717) is 0 Å². The van der Waals surface area contributed by atoms with Crippen LogP contribution in [-0.4, -0.2) is 9.59 Å². The van der Waals surface area contributed by atoms with Gasteiger partial charge in [-0.3, -0.25) is 0 Å². The van der Waals surface area contributed by atoms with Crippen LogP contribution in [0.5, 0.6) is 0 Å². The summed E-state index contributed by atoms with van der Waals surface area (Å²) in [4.78, 5) is 0. The molecule has 0 unspecified atom stereocenters. The number of nitrogens with zero attached hydrogens (tertiary/aromatic N) is 2. The molecule has 1 heterocycles. The molecule has 54 valence electrons. The van der Waals surface area contributed by atoms with Crippen molar-refractivity contribution < 1.29 is 0 Å². The SMILES string of the molecule is C=Cc1ccc2nnsc2c1. The molecule has 0 aliphatic rings. The highest BCUT2D eigenvalue weighted by atomic mass is 32.1. The highest BCUT2D eigenvalue weighted by molar-refractivity contribution is 7.12. The van der Waals surface area contributed by atoms with Gasteiger partial charge in [-0.15, -0.1) is 5.10 Å². The van der Waals surface area contributed by atoms with Crippen molar-refractivity contribution >= 4 is 27.8 Å². The molecule has 11 heavy (non-hydrogen) atoms. The van der Waals surface area contributed by atoms with Crippen LogP contribution >= 0.6 is 11.5 Å². The zero-order valence-corrected chi connectivity index (χ0v) is 6.64. The van der Waals surface area contributed by atoms with Crippen LogP contribution < -0.4 is 0 Å². The molecule has 0 atom stereocenters. The van der Waals surface area contributed by atoms with Gasteiger partial charge < -0.3 is 0 Å². The minimum atomic E-state index is 0.959. The Morgan fingerprint density at radius 2 is 2.36 bits per heavy atom. The van der Waals surface area contributed by atoms with Gasteiger partial charge in [0.25, 0.3) is 0 Å². The first-order chi connectivity index (χ1) is 5.40.